The van der Waals surface area contributed by atoms with Crippen molar-refractivity contribution in [3.8, 4) is 0 Å². The molecule has 0 spiro atoms. The van der Waals surface area contributed by atoms with Crippen LogP contribution >= 0.6 is 0 Å². The van der Waals surface area contributed by atoms with E-state index < -0.39 is 0 Å². The Bertz CT molecular complexity index is 70.8. The third kappa shape index (κ3) is 4.43. The van der Waals surface area contributed by atoms with Gasteiger partial charge in [-0.05, 0) is 0 Å². The Morgan fingerprint density at radius 1 is 1.50 bits per heavy atom. The molecule has 2 nitrogen and oxygen atoms in total. The van der Waals surface area contributed by atoms with Gasteiger partial charge in [-0.1, -0.05) is 13.8 Å². The minimum absolute atomic E-state index is 0. The normalized spacial score (nSPS) is 8.00. The fraction of sp³-hybridized carbons (Fsp3) is 0.800. The number of hydrogen-bond donors (Lipinski definition) is 0. The summed E-state index contributed by atoms with van der Waals surface area (Å²) in [6, 6.07) is 0. The fourth-order valence-corrected chi connectivity index (χ4v) is 0.236. The molecule has 0 aliphatic carbocycles. The second-order valence-corrected chi connectivity index (χ2v) is 1.68. The van der Waals surface area contributed by atoms with Gasteiger partial charge in [-0.25, -0.2) is 0 Å². The van der Waals surface area contributed by atoms with Gasteiger partial charge in [0.05, 0.1) is 13.0 Å². The van der Waals surface area contributed by atoms with E-state index in [1.807, 2.05) is 0 Å². The van der Waals surface area contributed by atoms with Gasteiger partial charge in [-0.3, -0.25) is 4.79 Å². The Morgan fingerprint density at radius 2 is 1.88 bits per heavy atom. The van der Waals surface area contributed by atoms with Crippen molar-refractivity contribution in [2.45, 2.75) is 13.8 Å². The molecule has 0 bridgehead atoms. The number of rotatable bonds is 1. The fourth-order valence-electron chi connectivity index (χ4n) is 0.236. The Kier molecular flexibility index (Phi) is 7.51. The van der Waals surface area contributed by atoms with Crippen LogP contribution in [0.3, 0.4) is 0 Å². The van der Waals surface area contributed by atoms with E-state index in [0.29, 0.717) is 0 Å². The van der Waals surface area contributed by atoms with Crippen molar-refractivity contribution in [1.29, 1.82) is 0 Å². The molecule has 8 heavy (non-hydrogen) atoms. The Labute approximate surface area is 66.6 Å². The summed E-state index contributed by atoms with van der Waals surface area (Å²) in [5, 5.41) is 0. The maximum absolute atomic E-state index is 10.3. The predicted molar refractivity (Wildman–Crippen MR) is 38.2 cm³/mol. The number of hydrogen-bond acceptors (Lipinski definition) is 2. The van der Waals surface area contributed by atoms with E-state index in [0.717, 1.165) is 0 Å². The molecule has 0 saturated heterocycles. The van der Waals surface area contributed by atoms with Gasteiger partial charge in [0.2, 0.25) is 0 Å². The summed E-state index contributed by atoms with van der Waals surface area (Å²) in [6.07, 6.45) is 0. The van der Waals surface area contributed by atoms with Gasteiger partial charge in [-0.15, -0.1) is 0 Å². The zero-order valence-corrected chi connectivity index (χ0v) is 4.89. The van der Waals surface area contributed by atoms with Crippen LogP contribution in [-0.2, 0) is 9.53 Å². The van der Waals surface area contributed by atoms with Gasteiger partial charge in [0, 0.05) is 0 Å². The number of ether oxygens (including phenoxy) is 1. The van der Waals surface area contributed by atoms with Gasteiger partial charge in [-0.2, -0.15) is 0 Å². The van der Waals surface area contributed by atoms with Gasteiger partial charge in [0.15, 0.2) is 0 Å². The average Bonchev–Trinajstić information content (AvgIpc) is 1.65. The van der Waals surface area contributed by atoms with E-state index in [4.69, 9.17) is 0 Å². The molecule has 3 heteroatoms. The molecular formula is C5H14O2Sn. The molecule has 0 aromatic heterocycles. The van der Waals surface area contributed by atoms with Crippen molar-refractivity contribution in [1.82, 2.24) is 0 Å². The second kappa shape index (κ2) is 5.41. The van der Waals surface area contributed by atoms with Crippen molar-refractivity contribution < 1.29 is 9.53 Å². The summed E-state index contributed by atoms with van der Waals surface area (Å²) in [6.45, 7) is 3.59. The summed E-state index contributed by atoms with van der Waals surface area (Å²) in [7, 11) is 1.39. The van der Waals surface area contributed by atoms with E-state index in [9.17, 15) is 4.79 Å². The molecule has 0 amide bonds. The molecular weight excluding hydrogens is 211 g/mol. The topological polar surface area (TPSA) is 26.3 Å². The predicted octanol–water partition coefficient (Wildman–Crippen LogP) is -0.636. The van der Waals surface area contributed by atoms with Crippen LogP contribution < -0.4 is 0 Å². The molecule has 0 saturated carbocycles. The molecule has 50 valence electrons. The molecule has 0 heterocycles. The van der Waals surface area contributed by atoms with E-state index in [-0.39, 0.29) is 35.8 Å². The molecule has 0 N–H and O–H groups in total. The zero-order valence-electron chi connectivity index (χ0n) is 4.89. The van der Waals surface area contributed by atoms with Gasteiger partial charge < -0.3 is 4.74 Å². The minimum atomic E-state index is -0.153. The van der Waals surface area contributed by atoms with Gasteiger partial charge in [0.25, 0.3) is 0 Å². The first-order valence-corrected chi connectivity index (χ1v) is 2.26. The molecule has 0 aliphatic rings. The summed E-state index contributed by atoms with van der Waals surface area (Å²) in [5.74, 6) is -0.148. The van der Waals surface area contributed by atoms with E-state index in [1.165, 1.54) is 7.11 Å². The molecule has 0 unspecified atom stereocenters. The van der Waals surface area contributed by atoms with Crippen LogP contribution in [0.5, 0.6) is 0 Å². The Balaban J connectivity index is 0. The van der Waals surface area contributed by atoms with Crippen LogP contribution in [0.15, 0.2) is 0 Å². The van der Waals surface area contributed by atoms with Gasteiger partial charge in [0.1, 0.15) is 0 Å². The van der Waals surface area contributed by atoms with E-state index in [1.54, 1.807) is 13.8 Å². The summed E-state index contributed by atoms with van der Waals surface area (Å²) in [4.78, 5) is 10.3. The average molecular weight is 225 g/mol. The Hall–Kier alpha value is 0.269. The maximum atomic E-state index is 10.3. The molecule has 0 aliphatic heterocycles. The van der Waals surface area contributed by atoms with E-state index >= 15 is 0 Å². The zero-order chi connectivity index (χ0) is 5.86. The first-order valence-electron chi connectivity index (χ1n) is 2.26. The molecule has 0 aromatic carbocycles. The first-order chi connectivity index (χ1) is 3.18. The number of carbonyl (C=O) groups is 1. The standard InChI is InChI=1S/C5H10O2.Sn.4H/c1-4(2)5(6)7-3;;;;;/h4H,1-3H3;;;;;. The molecule has 0 radical (unpaired) electrons. The number of methoxy groups -OCH3 is 1. The van der Waals surface area contributed by atoms with Crippen LogP contribution in [0.1, 0.15) is 13.8 Å². The third-order valence-corrected chi connectivity index (χ3v) is 0.673. The van der Waals surface area contributed by atoms with Crippen molar-refractivity contribution >= 4 is 29.9 Å². The van der Waals surface area contributed by atoms with Crippen molar-refractivity contribution in [2.75, 3.05) is 7.11 Å². The van der Waals surface area contributed by atoms with Crippen LogP contribution in [0.2, 0.25) is 0 Å². The second-order valence-electron chi connectivity index (χ2n) is 1.68. The number of carbonyl (C=O) groups excluding carboxylic acids is 1. The first kappa shape index (κ1) is 11.1. The van der Waals surface area contributed by atoms with Crippen LogP contribution in [0.4, 0.5) is 0 Å². The summed E-state index contributed by atoms with van der Waals surface area (Å²) in [5.41, 5.74) is 0. The molecule has 0 aromatic rings. The third-order valence-electron chi connectivity index (χ3n) is 0.673. The summed E-state index contributed by atoms with van der Waals surface area (Å²) < 4.78 is 4.37. The summed E-state index contributed by atoms with van der Waals surface area (Å²) >= 11 is 0. The van der Waals surface area contributed by atoms with Gasteiger partial charge >= 0.3 is 29.9 Å². The Morgan fingerprint density at radius 3 is 1.88 bits per heavy atom. The molecule has 0 fully saturated rings. The quantitative estimate of drug-likeness (QED) is 0.438. The van der Waals surface area contributed by atoms with Crippen molar-refractivity contribution in [2.24, 2.45) is 5.92 Å². The monoisotopic (exact) mass is 226 g/mol. The van der Waals surface area contributed by atoms with Crippen molar-refractivity contribution in [3.63, 3.8) is 0 Å². The molecule has 0 rings (SSSR count). The van der Waals surface area contributed by atoms with E-state index in [2.05, 4.69) is 4.74 Å². The number of esters is 1. The molecule has 0 atom stereocenters. The van der Waals surface area contributed by atoms with Crippen LogP contribution in [0, 0.1) is 5.92 Å². The van der Waals surface area contributed by atoms with Crippen molar-refractivity contribution in [3.05, 3.63) is 0 Å². The SMILES string of the molecule is COC(=O)C(C)C.[SnH4]. The van der Waals surface area contributed by atoms with Crippen LogP contribution in [0.25, 0.3) is 0 Å². The van der Waals surface area contributed by atoms with Crippen LogP contribution in [-0.4, -0.2) is 37.0 Å².